The van der Waals surface area contributed by atoms with Gasteiger partial charge in [-0.25, -0.2) is 9.50 Å². The van der Waals surface area contributed by atoms with Crippen LogP contribution in [-0.2, 0) is 0 Å². The first kappa shape index (κ1) is 23.6. The molecule has 0 aliphatic carbocycles. The zero-order chi connectivity index (χ0) is 24.7. The largest absolute Gasteiger partial charge is 0.488 e. The highest BCUT2D eigenvalue weighted by atomic mass is 16.5. The van der Waals surface area contributed by atoms with Gasteiger partial charge in [0, 0.05) is 23.5 Å². The molecule has 7 nitrogen and oxygen atoms in total. The molecule has 1 saturated heterocycles. The molecule has 5 rings (SSSR count). The maximum Gasteiger partial charge on any atom is 0.162 e. The van der Waals surface area contributed by atoms with Crippen molar-refractivity contribution in [3.8, 4) is 39.8 Å². The van der Waals surface area contributed by atoms with Gasteiger partial charge < -0.3 is 14.4 Å². The van der Waals surface area contributed by atoms with E-state index in [2.05, 4.69) is 29.9 Å². The zero-order valence-corrected chi connectivity index (χ0v) is 20.3. The molecule has 36 heavy (non-hydrogen) atoms. The van der Waals surface area contributed by atoms with Crippen LogP contribution in [0.15, 0.2) is 73.7 Å². The van der Waals surface area contributed by atoms with Gasteiger partial charge >= 0.3 is 0 Å². The second-order valence-corrected chi connectivity index (χ2v) is 9.02. The number of hydrogen-bond acceptors (Lipinski definition) is 5. The molecule has 0 atom stereocenters. The van der Waals surface area contributed by atoms with E-state index in [9.17, 15) is 5.26 Å². The lowest BCUT2D eigenvalue weighted by atomic mass is 10.1. The van der Waals surface area contributed by atoms with Crippen LogP contribution in [0.1, 0.15) is 24.8 Å². The van der Waals surface area contributed by atoms with Crippen LogP contribution >= 0.6 is 0 Å². The molecule has 3 heterocycles. The predicted octanol–water partition coefficient (Wildman–Crippen LogP) is 3.95. The summed E-state index contributed by atoms with van der Waals surface area (Å²) in [6.45, 7) is 8.34. The quantitative estimate of drug-likeness (QED) is 0.367. The van der Waals surface area contributed by atoms with E-state index in [0.717, 1.165) is 46.8 Å². The van der Waals surface area contributed by atoms with E-state index in [0.29, 0.717) is 17.9 Å². The Bertz CT molecular complexity index is 1380. The average molecular weight is 481 g/mol. The van der Waals surface area contributed by atoms with Crippen LogP contribution in [0.25, 0.3) is 27.9 Å². The van der Waals surface area contributed by atoms with Crippen molar-refractivity contribution < 1.29 is 14.4 Å². The highest BCUT2D eigenvalue weighted by molar-refractivity contribution is 5.79. The number of fused-ring (bicyclic) bond motifs is 1. The molecule has 1 fully saturated rings. The number of rotatable bonds is 9. The zero-order valence-electron chi connectivity index (χ0n) is 20.3. The van der Waals surface area contributed by atoms with Gasteiger partial charge in [-0.1, -0.05) is 30.9 Å². The van der Waals surface area contributed by atoms with Gasteiger partial charge in [0.05, 0.1) is 24.8 Å². The van der Waals surface area contributed by atoms with Gasteiger partial charge in [-0.2, -0.15) is 10.4 Å². The summed E-state index contributed by atoms with van der Waals surface area (Å²) in [7, 11) is 0. The maximum absolute atomic E-state index is 9.37. The highest BCUT2D eigenvalue weighted by Crippen LogP contribution is 2.30. The molecular formula is C29H30N5O2+. The lowest BCUT2D eigenvalue weighted by Crippen LogP contribution is -3.13. The van der Waals surface area contributed by atoms with Crippen molar-refractivity contribution in [3.05, 3.63) is 79.3 Å². The topological polar surface area (TPSA) is 76.9 Å². The number of piperidine rings is 1. The van der Waals surface area contributed by atoms with Crippen LogP contribution in [0, 0.1) is 11.3 Å². The molecule has 0 radical (unpaired) electrons. The standard InChI is InChI=1S/C29H29N5O2/c1-2-15-36-28-17-23(6-7-24(28)18-30)27-20-32-34-21-25(19-31-29(27)34)22-8-10-26(11-9-22)35-16-14-33-12-4-3-5-13-33/h2,6-11,17,19-21H,1,3-5,12-16H2/p+1. The first-order valence-electron chi connectivity index (χ1n) is 12.4. The molecule has 0 spiro atoms. The fourth-order valence-electron chi connectivity index (χ4n) is 4.64. The van der Waals surface area contributed by atoms with E-state index in [1.807, 2.05) is 36.7 Å². The number of aromatic nitrogens is 3. The monoisotopic (exact) mass is 480 g/mol. The fraction of sp³-hybridized carbons (Fsp3) is 0.276. The van der Waals surface area contributed by atoms with Crippen LogP contribution in [0.5, 0.6) is 11.5 Å². The third-order valence-electron chi connectivity index (χ3n) is 6.60. The van der Waals surface area contributed by atoms with Crippen molar-refractivity contribution in [3.63, 3.8) is 0 Å². The summed E-state index contributed by atoms with van der Waals surface area (Å²) in [5.41, 5.74) is 4.99. The molecule has 0 amide bonds. The van der Waals surface area contributed by atoms with Crippen molar-refractivity contribution in [1.82, 2.24) is 14.6 Å². The normalized spacial score (nSPS) is 13.9. The molecule has 182 valence electrons. The second kappa shape index (κ2) is 11.1. The number of benzene rings is 2. The Morgan fingerprint density at radius 2 is 1.81 bits per heavy atom. The molecule has 1 aliphatic rings. The number of likely N-dealkylation sites (tertiary alicyclic amines) is 1. The smallest absolute Gasteiger partial charge is 0.162 e. The second-order valence-electron chi connectivity index (χ2n) is 9.02. The molecule has 0 bridgehead atoms. The minimum Gasteiger partial charge on any atom is -0.488 e. The van der Waals surface area contributed by atoms with E-state index in [1.54, 1.807) is 27.8 Å². The Kier molecular flexibility index (Phi) is 7.25. The van der Waals surface area contributed by atoms with Gasteiger partial charge in [0.1, 0.15) is 37.3 Å². The predicted molar refractivity (Wildman–Crippen MR) is 139 cm³/mol. The summed E-state index contributed by atoms with van der Waals surface area (Å²) in [6.07, 6.45) is 11.3. The minimum atomic E-state index is 0.331. The molecule has 0 saturated carbocycles. The van der Waals surface area contributed by atoms with E-state index in [-0.39, 0.29) is 0 Å². The van der Waals surface area contributed by atoms with Crippen LogP contribution in [-0.4, -0.2) is 47.4 Å². The molecular weight excluding hydrogens is 450 g/mol. The summed E-state index contributed by atoms with van der Waals surface area (Å²) < 4.78 is 13.4. The average Bonchev–Trinajstić information content (AvgIpc) is 3.36. The summed E-state index contributed by atoms with van der Waals surface area (Å²) >= 11 is 0. The first-order valence-corrected chi connectivity index (χ1v) is 12.4. The number of hydrogen-bond donors (Lipinski definition) is 1. The van der Waals surface area contributed by atoms with Crippen LogP contribution < -0.4 is 14.4 Å². The van der Waals surface area contributed by atoms with Crippen LogP contribution in [0.2, 0.25) is 0 Å². The Balaban J connectivity index is 1.30. The van der Waals surface area contributed by atoms with Gasteiger partial charge in [0.25, 0.3) is 0 Å². The van der Waals surface area contributed by atoms with Crippen molar-refractivity contribution in [2.75, 3.05) is 32.8 Å². The van der Waals surface area contributed by atoms with Gasteiger partial charge in [-0.3, -0.25) is 0 Å². The van der Waals surface area contributed by atoms with E-state index in [4.69, 9.17) is 14.5 Å². The van der Waals surface area contributed by atoms with Crippen molar-refractivity contribution in [2.24, 2.45) is 0 Å². The van der Waals surface area contributed by atoms with Crippen molar-refractivity contribution in [1.29, 1.82) is 5.26 Å². The highest BCUT2D eigenvalue weighted by Gasteiger charge is 2.14. The third kappa shape index (κ3) is 5.24. The number of nitrogens with one attached hydrogen (secondary N) is 1. The summed E-state index contributed by atoms with van der Waals surface area (Å²) in [5.74, 6) is 1.41. The Hall–Kier alpha value is -4.15. The molecule has 0 unspecified atom stereocenters. The maximum atomic E-state index is 9.37. The first-order chi connectivity index (χ1) is 17.7. The molecule has 1 N–H and O–H groups in total. The number of nitrogens with zero attached hydrogens (tertiary/aromatic N) is 4. The van der Waals surface area contributed by atoms with E-state index >= 15 is 0 Å². The number of nitriles is 1. The summed E-state index contributed by atoms with van der Waals surface area (Å²) in [4.78, 5) is 6.35. The van der Waals surface area contributed by atoms with Crippen molar-refractivity contribution in [2.45, 2.75) is 19.3 Å². The molecule has 4 aromatic rings. The third-order valence-corrected chi connectivity index (χ3v) is 6.60. The van der Waals surface area contributed by atoms with Gasteiger partial charge in [0.2, 0.25) is 0 Å². The van der Waals surface area contributed by atoms with Gasteiger partial charge in [-0.15, -0.1) is 0 Å². The molecule has 7 heteroatoms. The SMILES string of the molecule is C=CCOc1cc(-c2cnn3cc(-c4ccc(OCC[NH+]5CCCCC5)cc4)cnc23)ccc1C#N. The van der Waals surface area contributed by atoms with E-state index < -0.39 is 0 Å². The Morgan fingerprint density at radius 1 is 1.00 bits per heavy atom. The van der Waals surface area contributed by atoms with Gasteiger partial charge in [-0.05, 0) is 54.7 Å². The van der Waals surface area contributed by atoms with Crippen molar-refractivity contribution >= 4 is 5.65 Å². The summed E-state index contributed by atoms with van der Waals surface area (Å²) in [6, 6.07) is 15.8. The summed E-state index contributed by atoms with van der Waals surface area (Å²) in [5, 5.41) is 13.9. The lowest BCUT2D eigenvalue weighted by Gasteiger charge is -2.23. The Morgan fingerprint density at radius 3 is 2.58 bits per heavy atom. The van der Waals surface area contributed by atoms with E-state index in [1.165, 1.54) is 32.4 Å². The minimum absolute atomic E-state index is 0.331. The van der Waals surface area contributed by atoms with Crippen LogP contribution in [0.4, 0.5) is 0 Å². The molecule has 1 aliphatic heterocycles. The number of quaternary nitrogens is 1. The fourth-order valence-corrected chi connectivity index (χ4v) is 4.64. The number of ether oxygens (including phenoxy) is 2. The Labute approximate surface area is 211 Å². The van der Waals surface area contributed by atoms with Crippen LogP contribution in [0.3, 0.4) is 0 Å². The molecule has 2 aromatic carbocycles. The molecule has 2 aromatic heterocycles. The lowest BCUT2D eigenvalue weighted by molar-refractivity contribution is -0.904. The van der Waals surface area contributed by atoms with Gasteiger partial charge in [0.15, 0.2) is 5.65 Å².